The number of nitrogens with one attached hydrogen (secondary N) is 2. The molecule has 0 fully saturated rings. The smallest absolute Gasteiger partial charge is 0.279 e. The first-order chi connectivity index (χ1) is 14.9. The minimum Gasteiger partial charge on any atom is -0.484 e. The van der Waals surface area contributed by atoms with Crippen LogP contribution in [-0.2, 0) is 9.59 Å². The van der Waals surface area contributed by atoms with E-state index in [0.29, 0.717) is 21.0 Å². The molecule has 1 atom stereocenters. The molecule has 0 aliphatic rings. The maximum Gasteiger partial charge on any atom is 0.279 e. The third-order valence-corrected chi connectivity index (χ3v) is 5.08. The fourth-order valence-corrected chi connectivity index (χ4v) is 3.38. The Balaban J connectivity index is 1.42. The summed E-state index contributed by atoms with van der Waals surface area (Å²) in [5.41, 5.74) is 6.76. The molecule has 0 heterocycles. The van der Waals surface area contributed by atoms with Gasteiger partial charge in [0.05, 0.1) is 4.47 Å². The van der Waals surface area contributed by atoms with Crippen LogP contribution in [0.4, 0.5) is 0 Å². The highest BCUT2D eigenvalue weighted by atomic mass is 79.9. The molecule has 8 heteroatoms. The molecular formula is C23H20BrClN2O4. The Morgan fingerprint density at radius 2 is 1.65 bits per heavy atom. The number of ether oxygens (including phenoxy) is 2. The monoisotopic (exact) mass is 502 g/mol. The van der Waals surface area contributed by atoms with Crippen LogP contribution in [0.1, 0.15) is 6.92 Å². The van der Waals surface area contributed by atoms with Gasteiger partial charge in [-0.25, -0.2) is 0 Å². The van der Waals surface area contributed by atoms with Gasteiger partial charge in [-0.2, -0.15) is 0 Å². The molecular weight excluding hydrogens is 484 g/mol. The first-order valence-electron chi connectivity index (χ1n) is 9.41. The maximum absolute atomic E-state index is 12.1. The minimum absolute atomic E-state index is 0.247. The zero-order valence-electron chi connectivity index (χ0n) is 16.6. The molecule has 0 saturated carbocycles. The molecule has 2 N–H and O–H groups in total. The topological polar surface area (TPSA) is 76.7 Å². The van der Waals surface area contributed by atoms with Crippen molar-refractivity contribution in [2.75, 3.05) is 6.61 Å². The molecule has 3 rings (SSSR count). The van der Waals surface area contributed by atoms with Gasteiger partial charge in [0.25, 0.3) is 11.8 Å². The number of benzene rings is 3. The SMILES string of the molecule is CC(Oc1ccc(Cl)cc1Br)C(=O)NNC(=O)COc1ccc(-c2ccccc2)cc1. The van der Waals surface area contributed by atoms with E-state index < -0.39 is 17.9 Å². The number of amides is 2. The van der Waals surface area contributed by atoms with Crippen molar-refractivity contribution >= 4 is 39.3 Å². The molecule has 6 nitrogen and oxygen atoms in total. The molecule has 0 saturated heterocycles. The van der Waals surface area contributed by atoms with Gasteiger partial charge in [0.1, 0.15) is 11.5 Å². The Labute approximate surface area is 193 Å². The van der Waals surface area contributed by atoms with Crippen molar-refractivity contribution < 1.29 is 19.1 Å². The standard InChI is InChI=1S/C23H20BrClN2O4/c1-15(31-21-12-9-18(25)13-20(21)24)23(29)27-26-22(28)14-30-19-10-7-17(8-11-19)16-5-3-2-4-6-16/h2-13,15H,14H2,1H3,(H,26,28)(H,27,29). The Bertz CT molecular complexity index is 1050. The molecule has 0 aliphatic carbocycles. The van der Waals surface area contributed by atoms with Gasteiger partial charge >= 0.3 is 0 Å². The second-order valence-corrected chi connectivity index (χ2v) is 7.84. The Kier molecular flexibility index (Phi) is 7.92. The van der Waals surface area contributed by atoms with Crippen LogP contribution >= 0.6 is 27.5 Å². The fraction of sp³-hybridized carbons (Fsp3) is 0.130. The van der Waals surface area contributed by atoms with Crippen LogP contribution in [0.2, 0.25) is 5.02 Å². The average molecular weight is 504 g/mol. The first-order valence-corrected chi connectivity index (χ1v) is 10.6. The maximum atomic E-state index is 12.1. The Hall–Kier alpha value is -3.03. The van der Waals surface area contributed by atoms with Gasteiger partial charge in [-0.05, 0) is 64.3 Å². The molecule has 0 aliphatic heterocycles. The molecule has 3 aromatic rings. The summed E-state index contributed by atoms with van der Waals surface area (Å²) in [4.78, 5) is 24.1. The van der Waals surface area contributed by atoms with Crippen LogP contribution in [0, 0.1) is 0 Å². The molecule has 1 unspecified atom stereocenters. The summed E-state index contributed by atoms with van der Waals surface area (Å²) in [6.45, 7) is 1.32. The number of hydrogen-bond donors (Lipinski definition) is 2. The van der Waals surface area contributed by atoms with E-state index in [4.69, 9.17) is 21.1 Å². The highest BCUT2D eigenvalue weighted by Gasteiger charge is 2.17. The third-order valence-electron chi connectivity index (χ3n) is 4.22. The number of halogens is 2. The Morgan fingerprint density at radius 3 is 2.32 bits per heavy atom. The number of carbonyl (C=O) groups is 2. The minimum atomic E-state index is -0.843. The Morgan fingerprint density at radius 1 is 0.968 bits per heavy atom. The summed E-state index contributed by atoms with van der Waals surface area (Å²) < 4.78 is 11.7. The lowest BCUT2D eigenvalue weighted by Gasteiger charge is -2.16. The van der Waals surface area contributed by atoms with Gasteiger partial charge < -0.3 is 9.47 Å². The molecule has 0 radical (unpaired) electrons. The molecule has 0 spiro atoms. The van der Waals surface area contributed by atoms with Gasteiger partial charge in [-0.15, -0.1) is 0 Å². The van der Waals surface area contributed by atoms with Gasteiger partial charge in [0, 0.05) is 5.02 Å². The van der Waals surface area contributed by atoms with Crippen LogP contribution in [0.25, 0.3) is 11.1 Å². The van der Waals surface area contributed by atoms with Gasteiger partial charge in [0.2, 0.25) is 0 Å². The highest BCUT2D eigenvalue weighted by molar-refractivity contribution is 9.10. The fourth-order valence-electron chi connectivity index (χ4n) is 2.61. The van der Waals surface area contributed by atoms with E-state index in [0.717, 1.165) is 11.1 Å². The van der Waals surface area contributed by atoms with Crippen molar-refractivity contribution in [3.8, 4) is 22.6 Å². The number of hydrogen-bond acceptors (Lipinski definition) is 4. The molecule has 2 amide bonds. The van der Waals surface area contributed by atoms with Crippen LogP contribution in [0.15, 0.2) is 77.3 Å². The van der Waals surface area contributed by atoms with Crippen molar-refractivity contribution in [3.05, 3.63) is 82.3 Å². The van der Waals surface area contributed by atoms with Gasteiger partial charge in [-0.1, -0.05) is 54.1 Å². The van der Waals surface area contributed by atoms with Crippen LogP contribution in [-0.4, -0.2) is 24.5 Å². The zero-order chi connectivity index (χ0) is 22.2. The van der Waals surface area contributed by atoms with E-state index in [1.54, 1.807) is 37.3 Å². The van der Waals surface area contributed by atoms with Gasteiger partial charge in [0.15, 0.2) is 12.7 Å². The highest BCUT2D eigenvalue weighted by Crippen LogP contribution is 2.28. The normalized spacial score (nSPS) is 11.3. The van der Waals surface area contributed by atoms with E-state index >= 15 is 0 Å². The zero-order valence-corrected chi connectivity index (χ0v) is 18.9. The largest absolute Gasteiger partial charge is 0.484 e. The van der Waals surface area contributed by atoms with Crippen molar-refractivity contribution in [1.29, 1.82) is 0 Å². The van der Waals surface area contributed by atoms with Crippen molar-refractivity contribution in [2.45, 2.75) is 13.0 Å². The molecule has 0 bridgehead atoms. The summed E-state index contributed by atoms with van der Waals surface area (Å²) in [5.74, 6) is -0.00567. The van der Waals surface area contributed by atoms with Crippen LogP contribution in [0.3, 0.4) is 0 Å². The second-order valence-electron chi connectivity index (χ2n) is 6.55. The summed E-state index contributed by atoms with van der Waals surface area (Å²) in [7, 11) is 0. The number of rotatable bonds is 7. The number of hydrazine groups is 1. The van der Waals surface area contributed by atoms with Crippen LogP contribution < -0.4 is 20.3 Å². The first kappa shape index (κ1) is 22.7. The number of carbonyl (C=O) groups excluding carboxylic acids is 2. The molecule has 0 aromatic heterocycles. The van der Waals surface area contributed by atoms with Gasteiger partial charge in [-0.3, -0.25) is 20.4 Å². The molecule has 3 aromatic carbocycles. The molecule has 160 valence electrons. The quantitative estimate of drug-likeness (QED) is 0.456. The van der Waals surface area contributed by atoms with E-state index in [-0.39, 0.29) is 6.61 Å². The lowest BCUT2D eigenvalue weighted by atomic mass is 10.1. The lowest BCUT2D eigenvalue weighted by Crippen LogP contribution is -2.48. The third kappa shape index (κ3) is 6.73. The van der Waals surface area contributed by atoms with Crippen molar-refractivity contribution in [1.82, 2.24) is 10.9 Å². The summed E-state index contributed by atoms with van der Waals surface area (Å²) in [6, 6.07) is 22.3. The average Bonchev–Trinajstić information content (AvgIpc) is 2.78. The predicted octanol–water partition coefficient (Wildman–Crippen LogP) is 4.76. The second kappa shape index (κ2) is 10.8. The van der Waals surface area contributed by atoms with E-state index in [1.165, 1.54) is 0 Å². The summed E-state index contributed by atoms with van der Waals surface area (Å²) in [5, 5.41) is 0.540. The van der Waals surface area contributed by atoms with E-state index in [1.807, 2.05) is 42.5 Å². The predicted molar refractivity (Wildman–Crippen MR) is 123 cm³/mol. The lowest BCUT2D eigenvalue weighted by molar-refractivity contribution is -0.133. The molecule has 31 heavy (non-hydrogen) atoms. The van der Waals surface area contributed by atoms with Crippen molar-refractivity contribution in [2.24, 2.45) is 0 Å². The summed E-state index contributed by atoms with van der Waals surface area (Å²) in [6.07, 6.45) is -0.843. The summed E-state index contributed by atoms with van der Waals surface area (Å²) >= 11 is 9.21. The van der Waals surface area contributed by atoms with E-state index in [2.05, 4.69) is 26.8 Å². The van der Waals surface area contributed by atoms with E-state index in [9.17, 15) is 9.59 Å². The van der Waals surface area contributed by atoms with Crippen LogP contribution in [0.5, 0.6) is 11.5 Å². The van der Waals surface area contributed by atoms with Crippen molar-refractivity contribution in [3.63, 3.8) is 0 Å².